The minimum absolute atomic E-state index is 0.0583. The maximum absolute atomic E-state index is 10.8. The number of nitrogens with zero attached hydrogens (tertiary/aromatic N) is 1. The summed E-state index contributed by atoms with van der Waals surface area (Å²) in [6, 6.07) is -1.06. The number of hydrogen-bond donors (Lipinski definition) is 1. The molecule has 1 N–H and O–H groups in total. The van der Waals surface area contributed by atoms with Crippen molar-refractivity contribution in [2.75, 3.05) is 7.11 Å². The fraction of sp³-hybridized carbons (Fsp3) is 0.571. The molecule has 0 saturated heterocycles. The van der Waals surface area contributed by atoms with Crippen LogP contribution in [0.15, 0.2) is 4.99 Å². The number of ether oxygens (including phenoxy) is 1. The first-order valence-electron chi connectivity index (χ1n) is 3.48. The SMILES string of the molecule is COC(=O)C(CCC(=O)O)N=C=O. The minimum Gasteiger partial charge on any atom is -0.481 e. The Labute approximate surface area is 74.2 Å². The molecule has 72 valence electrons. The molecular weight excluding hydrogens is 178 g/mol. The van der Waals surface area contributed by atoms with Crippen molar-refractivity contribution in [3.63, 3.8) is 0 Å². The number of carboxylic acids is 1. The maximum Gasteiger partial charge on any atom is 0.331 e. The van der Waals surface area contributed by atoms with Crippen LogP contribution >= 0.6 is 0 Å². The topological polar surface area (TPSA) is 93.0 Å². The van der Waals surface area contributed by atoms with Gasteiger partial charge in [0.1, 0.15) is 0 Å². The Morgan fingerprint density at radius 1 is 1.62 bits per heavy atom. The van der Waals surface area contributed by atoms with Gasteiger partial charge in [-0.15, -0.1) is 0 Å². The molecule has 0 rings (SSSR count). The van der Waals surface area contributed by atoms with Crippen molar-refractivity contribution >= 4 is 18.0 Å². The molecule has 0 amide bonds. The molecule has 13 heavy (non-hydrogen) atoms. The first kappa shape index (κ1) is 11.3. The molecule has 0 radical (unpaired) electrons. The fourth-order valence-electron chi connectivity index (χ4n) is 0.695. The first-order valence-corrected chi connectivity index (χ1v) is 3.48. The summed E-state index contributed by atoms with van der Waals surface area (Å²) in [6.45, 7) is 0. The molecule has 0 fully saturated rings. The van der Waals surface area contributed by atoms with Gasteiger partial charge in [-0.2, -0.15) is 4.99 Å². The van der Waals surface area contributed by atoms with Crippen molar-refractivity contribution in [3.8, 4) is 0 Å². The molecule has 6 heteroatoms. The van der Waals surface area contributed by atoms with Gasteiger partial charge in [0.25, 0.3) is 0 Å². The zero-order chi connectivity index (χ0) is 10.3. The summed E-state index contributed by atoms with van der Waals surface area (Å²) >= 11 is 0. The normalized spacial score (nSPS) is 11.2. The van der Waals surface area contributed by atoms with E-state index in [2.05, 4.69) is 9.73 Å². The van der Waals surface area contributed by atoms with Crippen molar-refractivity contribution in [1.29, 1.82) is 0 Å². The van der Waals surface area contributed by atoms with E-state index in [9.17, 15) is 14.4 Å². The third kappa shape index (κ3) is 4.71. The van der Waals surface area contributed by atoms with Crippen LogP contribution < -0.4 is 0 Å². The van der Waals surface area contributed by atoms with Crippen LogP contribution in [0.4, 0.5) is 0 Å². The summed E-state index contributed by atoms with van der Waals surface area (Å²) in [5.74, 6) is -1.79. The first-order chi connectivity index (χ1) is 6.11. The zero-order valence-corrected chi connectivity index (χ0v) is 7.02. The number of esters is 1. The van der Waals surface area contributed by atoms with Gasteiger partial charge in [-0.05, 0) is 6.42 Å². The van der Waals surface area contributed by atoms with E-state index < -0.39 is 18.0 Å². The molecule has 0 aliphatic carbocycles. The second-order valence-electron chi connectivity index (χ2n) is 2.19. The number of carbonyl (C=O) groups excluding carboxylic acids is 2. The standard InChI is InChI=1S/C7H9NO5/c1-13-7(12)5(8-4-9)2-3-6(10)11/h5H,2-3H2,1H3,(H,10,11). The van der Waals surface area contributed by atoms with Crippen LogP contribution in [0.5, 0.6) is 0 Å². The molecule has 0 saturated carbocycles. The Hall–Kier alpha value is -1.68. The van der Waals surface area contributed by atoms with Crippen LogP contribution in [0.2, 0.25) is 0 Å². The number of aliphatic imine (C=N–C) groups is 1. The molecule has 0 bridgehead atoms. The number of rotatable bonds is 5. The number of isocyanates is 1. The van der Waals surface area contributed by atoms with Gasteiger partial charge in [0.2, 0.25) is 6.08 Å². The highest BCUT2D eigenvalue weighted by Gasteiger charge is 2.18. The highest BCUT2D eigenvalue weighted by molar-refractivity contribution is 5.77. The predicted molar refractivity (Wildman–Crippen MR) is 40.8 cm³/mol. The average Bonchev–Trinajstić information content (AvgIpc) is 2.10. The van der Waals surface area contributed by atoms with Gasteiger partial charge in [0.15, 0.2) is 6.04 Å². The average molecular weight is 187 g/mol. The molecule has 0 aliphatic rings. The highest BCUT2D eigenvalue weighted by Crippen LogP contribution is 2.03. The van der Waals surface area contributed by atoms with Crippen LogP contribution in [0, 0.1) is 0 Å². The number of carboxylic acid groups (broad SMARTS) is 1. The molecule has 0 spiro atoms. The van der Waals surface area contributed by atoms with Crippen molar-refractivity contribution in [3.05, 3.63) is 0 Å². The van der Waals surface area contributed by atoms with E-state index in [4.69, 9.17) is 5.11 Å². The molecule has 1 atom stereocenters. The van der Waals surface area contributed by atoms with E-state index in [1.54, 1.807) is 0 Å². The van der Waals surface area contributed by atoms with Crippen molar-refractivity contribution < 1.29 is 24.2 Å². The van der Waals surface area contributed by atoms with E-state index in [1.165, 1.54) is 6.08 Å². The zero-order valence-electron chi connectivity index (χ0n) is 7.02. The Morgan fingerprint density at radius 3 is 2.62 bits per heavy atom. The summed E-state index contributed by atoms with van der Waals surface area (Å²) in [7, 11) is 1.14. The lowest BCUT2D eigenvalue weighted by molar-refractivity contribution is -0.142. The van der Waals surface area contributed by atoms with E-state index in [-0.39, 0.29) is 12.8 Å². The van der Waals surface area contributed by atoms with Crippen molar-refractivity contribution in [2.45, 2.75) is 18.9 Å². The van der Waals surface area contributed by atoms with Gasteiger partial charge in [-0.25, -0.2) is 9.59 Å². The number of hydrogen-bond acceptors (Lipinski definition) is 5. The molecule has 0 heterocycles. The van der Waals surface area contributed by atoms with Crippen LogP contribution in [0.25, 0.3) is 0 Å². The Kier molecular flexibility index (Phi) is 5.14. The van der Waals surface area contributed by atoms with E-state index in [0.717, 1.165) is 7.11 Å². The third-order valence-corrected chi connectivity index (χ3v) is 1.31. The second-order valence-corrected chi connectivity index (χ2v) is 2.19. The van der Waals surface area contributed by atoms with Gasteiger partial charge in [-0.1, -0.05) is 0 Å². The van der Waals surface area contributed by atoms with E-state index >= 15 is 0 Å². The smallest absolute Gasteiger partial charge is 0.331 e. The minimum atomic E-state index is -1.06. The molecule has 0 aromatic heterocycles. The van der Waals surface area contributed by atoms with Crippen LogP contribution in [-0.2, 0) is 19.1 Å². The molecular formula is C7H9NO5. The lowest BCUT2D eigenvalue weighted by Gasteiger charge is -2.05. The van der Waals surface area contributed by atoms with E-state index in [1.807, 2.05) is 0 Å². The molecule has 6 nitrogen and oxygen atoms in total. The highest BCUT2D eigenvalue weighted by atomic mass is 16.5. The third-order valence-electron chi connectivity index (χ3n) is 1.31. The summed E-state index contributed by atoms with van der Waals surface area (Å²) in [5, 5.41) is 8.29. The lowest BCUT2D eigenvalue weighted by Crippen LogP contribution is -2.21. The van der Waals surface area contributed by atoms with E-state index in [0.29, 0.717) is 0 Å². The van der Waals surface area contributed by atoms with Crippen molar-refractivity contribution in [2.24, 2.45) is 4.99 Å². The Morgan fingerprint density at radius 2 is 2.23 bits per heavy atom. The summed E-state index contributed by atoms with van der Waals surface area (Å²) in [5.41, 5.74) is 0. The number of carbonyl (C=O) groups is 2. The summed E-state index contributed by atoms with van der Waals surface area (Å²) in [4.78, 5) is 33.9. The second kappa shape index (κ2) is 5.91. The number of aliphatic carboxylic acids is 1. The quantitative estimate of drug-likeness (QED) is 0.363. The van der Waals surface area contributed by atoms with Gasteiger partial charge < -0.3 is 9.84 Å². The lowest BCUT2D eigenvalue weighted by atomic mass is 10.2. The molecule has 0 aromatic rings. The van der Waals surface area contributed by atoms with Gasteiger partial charge >= 0.3 is 11.9 Å². The van der Waals surface area contributed by atoms with Crippen LogP contribution in [0.1, 0.15) is 12.8 Å². The van der Waals surface area contributed by atoms with Gasteiger partial charge in [-0.3, -0.25) is 4.79 Å². The Balaban J connectivity index is 4.17. The van der Waals surface area contributed by atoms with Gasteiger partial charge in [0, 0.05) is 6.42 Å². The van der Waals surface area contributed by atoms with Crippen LogP contribution in [-0.4, -0.2) is 36.3 Å². The van der Waals surface area contributed by atoms with Gasteiger partial charge in [0.05, 0.1) is 7.11 Å². The molecule has 0 aromatic carbocycles. The largest absolute Gasteiger partial charge is 0.481 e. The number of methoxy groups -OCH3 is 1. The fourth-order valence-corrected chi connectivity index (χ4v) is 0.695. The van der Waals surface area contributed by atoms with Crippen LogP contribution in [0.3, 0.4) is 0 Å². The summed E-state index contributed by atoms with van der Waals surface area (Å²) in [6.07, 6.45) is 0.885. The molecule has 0 aliphatic heterocycles. The maximum atomic E-state index is 10.8. The van der Waals surface area contributed by atoms with Crippen molar-refractivity contribution in [1.82, 2.24) is 0 Å². The Bertz CT molecular complexity index is 243. The monoisotopic (exact) mass is 187 g/mol. The summed E-state index contributed by atoms with van der Waals surface area (Å²) < 4.78 is 4.29. The predicted octanol–water partition coefficient (Wildman–Crippen LogP) is -0.271. The molecule has 1 unspecified atom stereocenters.